The number of amides is 9. The molecule has 40 heteroatoms. The lowest BCUT2D eigenvalue weighted by Crippen LogP contribution is -2.56. The summed E-state index contributed by atoms with van der Waals surface area (Å²) in [5.74, 6) is -5.88. The number of nitrogens with one attached hydrogen (secondary N) is 6. The van der Waals surface area contributed by atoms with Gasteiger partial charge in [0.05, 0.1) is 42.9 Å². The summed E-state index contributed by atoms with van der Waals surface area (Å²) in [6.07, 6.45) is 22.6. The van der Waals surface area contributed by atoms with Crippen LogP contribution < -0.4 is 41.4 Å². The third kappa shape index (κ3) is 25.5. The molecule has 11 heterocycles. The zero-order chi connectivity index (χ0) is 104. The summed E-state index contributed by atoms with van der Waals surface area (Å²) in [6.45, 7) is 18.1. The van der Waals surface area contributed by atoms with Crippen LogP contribution in [0.3, 0.4) is 0 Å². The highest BCUT2D eigenvalue weighted by Crippen LogP contribution is 2.50. The smallest absolute Gasteiger partial charge is 0.408 e. The van der Waals surface area contributed by atoms with Crippen LogP contribution >= 0.6 is 22.7 Å². The number of hydrogen-bond acceptors (Lipinski definition) is 25. The van der Waals surface area contributed by atoms with Crippen molar-refractivity contribution in [3.05, 3.63) is 155 Å². The number of alkyl carbamates (subject to hydrolysis) is 3. The molecule has 5 aromatic heterocycles. The summed E-state index contributed by atoms with van der Waals surface area (Å²) < 4.78 is 27.2. The minimum absolute atomic E-state index is 0.0760. The van der Waals surface area contributed by atoms with Gasteiger partial charge in [-0.15, -0.1) is 11.3 Å². The SMILES string of the molecule is CCCc1nn([C@H]2C[C@H]3C(=O)N[C@@]4(C(=O)O)C[C@H]4/C=C\CCCCC[C@@H](NC(=O)OC(C)(C)C)C(=O)N3C2)nc1-c1ccccc1.COc1ccc(-c2nn([C@H]3C[C@H]4C(=O)N[C@@]5(C(=O)O)C[C@H]5/C=C\CCCCC[C@@H](NC(=O)OC(C)(C)C)C(=O)N4C3)nc2-c2cccs2)cc1.COc1ccc(-c2nn([C@H]3C[C@H]4C(=O)N[C@@]5(C(=O)O)C[C@H]5/C=C\CCCCC[C@@H](NC(=O)OC(C)(C)C)C(=O)N4C3)nc2-c2ccsc2)cc1. The van der Waals surface area contributed by atoms with Gasteiger partial charge in [-0.2, -0.15) is 56.3 Å². The molecule has 9 amide bonds. The second kappa shape index (κ2) is 45.5. The third-order valence-electron chi connectivity index (χ3n) is 27.7. The molecule has 3 aromatic carbocycles. The number of carboxylic acids is 3. The molecule has 3 saturated heterocycles. The first kappa shape index (κ1) is 107. The summed E-state index contributed by atoms with van der Waals surface area (Å²) in [6, 6.07) is 23.3. The topological polar surface area (TPSA) is 486 Å². The fraction of sp³-hybridized carbons (Fsp3) is 0.528. The average Bonchev–Trinajstić information content (AvgIpc) is 1.58. The van der Waals surface area contributed by atoms with E-state index < -0.39 is 159 Å². The fourth-order valence-corrected chi connectivity index (χ4v) is 21.2. The van der Waals surface area contributed by atoms with Crippen molar-refractivity contribution in [2.24, 2.45) is 17.8 Å². The summed E-state index contributed by atoms with van der Waals surface area (Å²) in [7, 11) is 3.20. The zero-order valence-electron chi connectivity index (χ0n) is 84.7. The van der Waals surface area contributed by atoms with Gasteiger partial charge >= 0.3 is 36.2 Å². The van der Waals surface area contributed by atoms with E-state index in [1.807, 2.05) is 150 Å². The number of carbonyl (C=O) groups excluding carboxylic acids is 9. The number of benzene rings is 3. The molecule has 38 nitrogen and oxygen atoms in total. The molecule has 6 aliphatic heterocycles. The maximum Gasteiger partial charge on any atom is 0.408 e. The third-order valence-corrected chi connectivity index (χ3v) is 29.3. The van der Waals surface area contributed by atoms with E-state index >= 15 is 0 Å². The normalized spacial score (nSPS) is 26.9. The molecule has 146 heavy (non-hydrogen) atoms. The number of fused-ring (bicyclic) bond motifs is 6. The number of ether oxygens (including phenoxy) is 5. The molecule has 0 unspecified atom stereocenters. The maximum absolute atomic E-state index is 14.4. The summed E-state index contributed by atoms with van der Waals surface area (Å²) >= 11 is 3.06. The van der Waals surface area contributed by atoms with Crippen molar-refractivity contribution in [1.29, 1.82) is 0 Å². The molecule has 3 saturated carbocycles. The molecule has 8 aromatic rings. The van der Waals surface area contributed by atoms with E-state index in [-0.39, 0.29) is 69.5 Å². The van der Waals surface area contributed by atoms with E-state index in [0.717, 1.165) is 103 Å². The van der Waals surface area contributed by atoms with Crippen molar-refractivity contribution in [3.63, 3.8) is 0 Å². The Labute approximate surface area is 856 Å². The van der Waals surface area contributed by atoms with E-state index in [1.165, 1.54) is 37.4 Å². The Bertz CT molecular complexity index is 5870. The first-order chi connectivity index (χ1) is 69.7. The molecule has 15 atom stereocenters. The van der Waals surface area contributed by atoms with Crippen LogP contribution in [0.4, 0.5) is 14.4 Å². The molecule has 3 aliphatic carbocycles. The first-order valence-corrected chi connectivity index (χ1v) is 52.4. The number of aryl methyl sites for hydroxylation is 1. The second-order valence-corrected chi connectivity index (χ2v) is 43.8. The molecule has 17 rings (SSSR count). The van der Waals surface area contributed by atoms with Gasteiger partial charge < -0.3 is 85.6 Å². The van der Waals surface area contributed by atoms with Gasteiger partial charge in [0.25, 0.3) is 0 Å². The lowest BCUT2D eigenvalue weighted by atomic mass is 10.0. The van der Waals surface area contributed by atoms with Crippen LogP contribution in [0.1, 0.15) is 234 Å². The molecule has 0 radical (unpaired) electrons. The van der Waals surface area contributed by atoms with Crippen LogP contribution in [0, 0.1) is 17.8 Å². The minimum atomic E-state index is -1.44. The Morgan fingerprint density at radius 1 is 0.418 bits per heavy atom. The van der Waals surface area contributed by atoms with Gasteiger partial charge in [-0.05, 0) is 217 Å². The molecular weight excluding hydrogens is 1910 g/mol. The predicted octanol–water partition coefficient (Wildman–Crippen LogP) is 14.8. The number of allylic oxidation sites excluding steroid dienone is 3. The number of aliphatic carboxylic acids is 3. The van der Waals surface area contributed by atoms with Crippen LogP contribution in [0.25, 0.3) is 55.6 Å². The number of nitrogens with zero attached hydrogens (tertiary/aromatic N) is 12. The van der Waals surface area contributed by atoms with E-state index in [4.69, 9.17) is 54.3 Å². The summed E-state index contributed by atoms with van der Waals surface area (Å²) in [5, 5.41) is 82.5. The maximum atomic E-state index is 14.4. The summed E-state index contributed by atoms with van der Waals surface area (Å²) in [5.41, 5.74) is 1.01. The Hall–Kier alpha value is -13.7. The van der Waals surface area contributed by atoms with Crippen molar-refractivity contribution < 1.29 is 96.5 Å². The van der Waals surface area contributed by atoms with Crippen molar-refractivity contribution in [3.8, 4) is 67.1 Å². The van der Waals surface area contributed by atoms with Crippen molar-refractivity contribution in [2.45, 2.75) is 305 Å². The highest BCUT2D eigenvalue weighted by molar-refractivity contribution is 7.13. The Morgan fingerprint density at radius 3 is 1.10 bits per heavy atom. The highest BCUT2D eigenvalue weighted by Gasteiger charge is 2.65. The van der Waals surface area contributed by atoms with E-state index in [1.54, 1.807) is 90.9 Å². The summed E-state index contributed by atoms with van der Waals surface area (Å²) in [4.78, 5) is 171. The van der Waals surface area contributed by atoms with Gasteiger partial charge in [0, 0.05) is 84.3 Å². The van der Waals surface area contributed by atoms with E-state index in [0.29, 0.717) is 85.6 Å². The van der Waals surface area contributed by atoms with Crippen LogP contribution in [-0.4, -0.2) is 250 Å². The molecular formula is C106H134N18O20S2. The van der Waals surface area contributed by atoms with Gasteiger partial charge in [-0.25, -0.2) is 28.8 Å². The van der Waals surface area contributed by atoms with Crippen molar-refractivity contribution >= 4 is 94.3 Å². The number of thiophene rings is 2. The standard InChI is InChI=1S/2C36H44N6O7S.C34H46N6O6/c1-35(2,3)49-34(47)37-26-12-9-7-5-6-8-11-23-20-36(23,33(45)46)38-31(43)27-19-24(21-41(27)32(26)44)42-39-29(22-14-16-25(48-4)17-15-22)30(40-42)28-13-10-18-50-28;1-35(2,3)49-34(47)37-27-11-9-7-5-6-8-10-24-19-36(24,33(45)46)38-31(43)28-18-25(20-41(28)32(27)44)42-39-29(22-12-14-26(48-4)15-13-22)30(40-42)23-16-17-50-21-23;1-5-14-25-28(22-15-10-9-11-16-22)38-40(37-25)24-19-27-29(41)36-34(31(43)44)20-23(34)17-12-7-6-8-13-18-26(30(42)39(27)21-24)35-32(45)46-33(2,3)4/h8,10-11,13-18,23-24,26-27H,5-7,9,12,19-21H2,1-4H3,(H,37,47)(H,38,43)(H,45,46);8,10,12-17,21,24-25,27-28H,5-7,9,11,18-20H2,1-4H3,(H,37,47)(H,38,43)(H,45,46);9-12,15-17,23-24,26-27H,5-8,13-14,18-21H2,1-4H3,(H,35,45)(H,36,41)(H,43,44)/b11-8-;10-8-;17-12-/t23-,24+,26-,27+,36+;24-,25+,27-,28+,36+;23-,24+,26-,27+,34+/m111/s1. The molecule has 780 valence electrons. The van der Waals surface area contributed by atoms with Crippen LogP contribution in [0.15, 0.2) is 150 Å². The van der Waals surface area contributed by atoms with Crippen molar-refractivity contribution in [1.82, 2.24) is 91.6 Å². The highest BCUT2D eigenvalue weighted by atomic mass is 32.1. The predicted molar refractivity (Wildman–Crippen MR) is 544 cm³/mol. The van der Waals surface area contributed by atoms with E-state index in [9.17, 15) is 72.9 Å². The number of methoxy groups -OCH3 is 2. The van der Waals surface area contributed by atoms with Gasteiger partial charge in [-0.1, -0.05) is 125 Å². The van der Waals surface area contributed by atoms with Gasteiger partial charge in [0.1, 0.15) is 110 Å². The number of aromatic nitrogens is 9. The Kier molecular flexibility index (Phi) is 33.3. The number of carbonyl (C=O) groups is 12. The Balaban J connectivity index is 0.000000165. The molecule has 6 fully saturated rings. The minimum Gasteiger partial charge on any atom is -0.497 e. The number of rotatable bonds is 18. The molecule has 0 bridgehead atoms. The monoisotopic (exact) mass is 2040 g/mol. The van der Waals surface area contributed by atoms with Crippen molar-refractivity contribution in [2.75, 3.05) is 33.9 Å². The number of carboxylic acid groups (broad SMARTS) is 3. The fourth-order valence-electron chi connectivity index (χ4n) is 19.9. The van der Waals surface area contributed by atoms with E-state index in [2.05, 4.69) is 38.8 Å². The average molecular weight is 2040 g/mol. The van der Waals surface area contributed by atoms with Crippen LogP contribution in [-0.2, 0) is 63.8 Å². The number of hydrogen-bond donors (Lipinski definition) is 9. The van der Waals surface area contributed by atoms with Gasteiger partial charge in [-0.3, -0.25) is 28.8 Å². The lowest BCUT2D eigenvalue weighted by molar-refractivity contribution is -0.146. The van der Waals surface area contributed by atoms with Gasteiger partial charge in [0.15, 0.2) is 0 Å². The second-order valence-electron chi connectivity index (χ2n) is 42.0. The quantitative estimate of drug-likeness (QED) is 0.0284. The largest absolute Gasteiger partial charge is 0.497 e. The molecule has 9 aliphatic rings. The first-order valence-electron chi connectivity index (χ1n) is 50.5. The molecule has 9 N–H and O–H groups in total. The van der Waals surface area contributed by atoms with Crippen LogP contribution in [0.2, 0.25) is 0 Å². The van der Waals surface area contributed by atoms with Crippen LogP contribution in [0.5, 0.6) is 11.5 Å². The lowest BCUT2D eigenvalue weighted by Gasteiger charge is -2.30. The molecule has 0 spiro atoms. The zero-order valence-corrected chi connectivity index (χ0v) is 86.3. The Morgan fingerprint density at radius 2 is 0.767 bits per heavy atom. The van der Waals surface area contributed by atoms with Gasteiger partial charge in [0.2, 0.25) is 35.4 Å².